The fourth-order valence-electron chi connectivity index (χ4n) is 6.14. The van der Waals surface area contributed by atoms with Gasteiger partial charge in [0, 0.05) is 45.6 Å². The number of hydrogen-bond donors (Lipinski definition) is 0. The number of fused-ring (bicyclic) bond motifs is 1. The van der Waals surface area contributed by atoms with Crippen molar-refractivity contribution >= 4 is 17.9 Å². The highest BCUT2D eigenvalue weighted by molar-refractivity contribution is 5.83. The van der Waals surface area contributed by atoms with Crippen molar-refractivity contribution in [2.24, 2.45) is 0 Å². The van der Waals surface area contributed by atoms with Gasteiger partial charge in [0.1, 0.15) is 24.4 Å². The largest absolute Gasteiger partial charge is 0.462 e. The lowest BCUT2D eigenvalue weighted by Gasteiger charge is -2.42. The highest BCUT2D eigenvalue weighted by Gasteiger charge is 2.54. The summed E-state index contributed by atoms with van der Waals surface area (Å²) in [6.45, 7) is 5.00. The number of unbranched alkanes of at least 4 members (excludes halogenated alkanes) is 9. The van der Waals surface area contributed by atoms with Crippen LogP contribution in [0.25, 0.3) is 0 Å². The summed E-state index contributed by atoms with van der Waals surface area (Å²) < 4.78 is 29.4. The number of carbonyl (C=O) groups is 3. The molecule has 0 radical (unpaired) electrons. The van der Waals surface area contributed by atoms with Crippen LogP contribution in [0.15, 0.2) is 24.3 Å². The molecule has 2 fully saturated rings. The average Bonchev–Trinajstić information content (AvgIpc) is 3.21. The van der Waals surface area contributed by atoms with Crippen LogP contribution in [0.4, 0.5) is 0 Å². The molecule has 40 heavy (non-hydrogen) atoms. The Kier molecular flexibility index (Phi) is 13.7. The summed E-state index contributed by atoms with van der Waals surface area (Å²) in [6.07, 6.45) is 21.7. The van der Waals surface area contributed by atoms with Crippen molar-refractivity contribution in [3.8, 4) is 0 Å². The Morgan fingerprint density at radius 2 is 1.68 bits per heavy atom. The number of esters is 3. The number of rotatable bonds is 17. The van der Waals surface area contributed by atoms with Crippen LogP contribution < -0.4 is 0 Å². The van der Waals surface area contributed by atoms with E-state index in [0.717, 1.165) is 25.7 Å². The number of ether oxygens (including phenoxy) is 5. The zero-order valence-electron chi connectivity index (χ0n) is 24.8. The summed E-state index contributed by atoms with van der Waals surface area (Å²) >= 11 is 0. The van der Waals surface area contributed by atoms with Gasteiger partial charge in [-0.25, -0.2) is 4.79 Å². The van der Waals surface area contributed by atoms with E-state index >= 15 is 0 Å². The van der Waals surface area contributed by atoms with Crippen molar-refractivity contribution in [1.82, 2.24) is 0 Å². The van der Waals surface area contributed by atoms with Gasteiger partial charge in [0.15, 0.2) is 5.79 Å². The molecular formula is C32H50O8. The molecule has 0 aromatic carbocycles. The van der Waals surface area contributed by atoms with E-state index in [1.165, 1.54) is 71.3 Å². The molecule has 0 aliphatic carbocycles. The summed E-state index contributed by atoms with van der Waals surface area (Å²) in [4.78, 5) is 35.4. The number of hydrogen-bond acceptors (Lipinski definition) is 8. The van der Waals surface area contributed by atoms with Crippen molar-refractivity contribution in [3.63, 3.8) is 0 Å². The van der Waals surface area contributed by atoms with E-state index < -0.39 is 17.9 Å². The summed E-state index contributed by atoms with van der Waals surface area (Å²) in [5.41, 5.74) is 0. The van der Waals surface area contributed by atoms with Gasteiger partial charge in [-0.3, -0.25) is 9.59 Å². The van der Waals surface area contributed by atoms with Crippen molar-refractivity contribution < 1.29 is 38.1 Å². The molecule has 3 aliphatic heterocycles. The first-order chi connectivity index (χ1) is 19.3. The predicted molar refractivity (Wildman–Crippen MR) is 151 cm³/mol. The number of carbonyl (C=O) groups excluding carboxylic acids is 3. The Labute approximate surface area is 240 Å². The highest BCUT2D eigenvalue weighted by Crippen LogP contribution is 2.44. The maximum absolute atomic E-state index is 11.9. The molecule has 0 N–H and O–H groups in total. The van der Waals surface area contributed by atoms with Gasteiger partial charge >= 0.3 is 17.9 Å². The molecule has 0 aromatic rings. The minimum atomic E-state index is -1.01. The zero-order valence-corrected chi connectivity index (χ0v) is 24.8. The lowest BCUT2D eigenvalue weighted by atomic mass is 9.91. The fraction of sp³-hybridized carbons (Fsp3) is 0.781. The molecule has 8 nitrogen and oxygen atoms in total. The first-order valence-corrected chi connectivity index (χ1v) is 15.5. The van der Waals surface area contributed by atoms with Gasteiger partial charge in [-0.05, 0) is 38.2 Å². The van der Waals surface area contributed by atoms with Crippen LogP contribution in [0, 0.1) is 0 Å². The molecular weight excluding hydrogens is 512 g/mol. The second kappa shape index (κ2) is 16.9. The molecule has 0 amide bonds. The first-order valence-electron chi connectivity index (χ1n) is 15.5. The van der Waals surface area contributed by atoms with Crippen LogP contribution in [-0.2, 0) is 38.1 Å². The van der Waals surface area contributed by atoms with Crippen LogP contribution in [0.3, 0.4) is 0 Å². The minimum absolute atomic E-state index is 0.279. The average molecular weight is 563 g/mol. The molecule has 6 unspecified atom stereocenters. The molecule has 1 spiro atoms. The molecule has 0 aromatic heterocycles. The SMILES string of the molecule is CCC=CCCCCCCCCCCCC(CC1CC(OC(C)=O)CC2(CC3OC(=O)C=CC3O2)O1)OC(C)=O. The molecule has 3 heterocycles. The molecule has 0 bridgehead atoms. The Bertz CT molecular complexity index is 867. The molecule has 226 valence electrons. The Hall–Kier alpha value is -2.19. The Balaban J connectivity index is 1.42. The second-order valence-corrected chi connectivity index (χ2v) is 11.5. The van der Waals surface area contributed by atoms with Gasteiger partial charge in [0.2, 0.25) is 0 Å². The van der Waals surface area contributed by atoms with Gasteiger partial charge in [0.05, 0.1) is 6.10 Å². The first kappa shape index (κ1) is 32.3. The molecule has 3 aliphatic rings. The maximum Gasteiger partial charge on any atom is 0.330 e. The third-order valence-electron chi connectivity index (χ3n) is 7.86. The van der Waals surface area contributed by atoms with Crippen molar-refractivity contribution in [2.75, 3.05) is 0 Å². The van der Waals surface area contributed by atoms with Crippen molar-refractivity contribution in [2.45, 2.75) is 160 Å². The van der Waals surface area contributed by atoms with E-state index in [2.05, 4.69) is 19.1 Å². The van der Waals surface area contributed by atoms with Crippen LogP contribution in [0.2, 0.25) is 0 Å². The van der Waals surface area contributed by atoms with Crippen LogP contribution in [-0.4, -0.2) is 54.2 Å². The van der Waals surface area contributed by atoms with Gasteiger partial charge in [-0.15, -0.1) is 0 Å². The monoisotopic (exact) mass is 562 g/mol. The third-order valence-corrected chi connectivity index (χ3v) is 7.86. The van der Waals surface area contributed by atoms with Crippen molar-refractivity contribution in [1.29, 1.82) is 0 Å². The summed E-state index contributed by atoms with van der Waals surface area (Å²) in [7, 11) is 0. The van der Waals surface area contributed by atoms with E-state index in [-0.39, 0.29) is 36.4 Å². The molecule has 6 atom stereocenters. The van der Waals surface area contributed by atoms with Crippen LogP contribution in [0.1, 0.15) is 124 Å². The van der Waals surface area contributed by atoms with Gasteiger partial charge in [-0.1, -0.05) is 64.0 Å². The third kappa shape index (κ3) is 11.4. The lowest BCUT2D eigenvalue weighted by molar-refractivity contribution is -0.286. The van der Waals surface area contributed by atoms with E-state index in [1.54, 1.807) is 6.08 Å². The fourth-order valence-corrected chi connectivity index (χ4v) is 6.14. The predicted octanol–water partition coefficient (Wildman–Crippen LogP) is 6.64. The molecule has 2 saturated heterocycles. The van der Waals surface area contributed by atoms with Gasteiger partial charge in [0.25, 0.3) is 0 Å². The van der Waals surface area contributed by atoms with Gasteiger partial charge < -0.3 is 23.7 Å². The maximum atomic E-state index is 11.9. The summed E-state index contributed by atoms with van der Waals surface area (Å²) in [5.74, 6) is -2.07. The van der Waals surface area contributed by atoms with E-state index in [1.807, 2.05) is 0 Å². The normalized spacial score (nSPS) is 28.4. The molecule has 0 saturated carbocycles. The second-order valence-electron chi connectivity index (χ2n) is 11.5. The van der Waals surface area contributed by atoms with E-state index in [9.17, 15) is 14.4 Å². The van der Waals surface area contributed by atoms with Gasteiger partial charge in [-0.2, -0.15) is 0 Å². The lowest BCUT2D eigenvalue weighted by Crippen LogP contribution is -2.48. The minimum Gasteiger partial charge on any atom is -0.462 e. The van der Waals surface area contributed by atoms with E-state index in [0.29, 0.717) is 25.7 Å². The standard InChI is InChI=1S/C32H50O8/c1-4-5-6-7-8-9-10-11-12-13-14-15-16-17-26(36-24(2)33)20-27-21-28(37-25(3)34)22-32(39-27)23-30-29(40-32)18-19-31(35)38-30/h5-6,18-19,26-30H,4,7-17,20-23H2,1-3H3. The summed E-state index contributed by atoms with van der Waals surface area (Å²) in [5, 5.41) is 0. The van der Waals surface area contributed by atoms with Crippen LogP contribution in [0.5, 0.6) is 0 Å². The highest BCUT2D eigenvalue weighted by atomic mass is 16.7. The summed E-state index contributed by atoms with van der Waals surface area (Å²) in [6, 6.07) is 0. The Morgan fingerprint density at radius 1 is 0.975 bits per heavy atom. The quantitative estimate of drug-likeness (QED) is 0.0842. The Morgan fingerprint density at radius 3 is 2.35 bits per heavy atom. The van der Waals surface area contributed by atoms with Crippen molar-refractivity contribution in [3.05, 3.63) is 24.3 Å². The zero-order chi connectivity index (χ0) is 28.8. The molecule has 8 heteroatoms. The number of allylic oxidation sites excluding steroid dienone is 2. The van der Waals surface area contributed by atoms with E-state index in [4.69, 9.17) is 23.7 Å². The smallest absolute Gasteiger partial charge is 0.330 e. The van der Waals surface area contributed by atoms with Crippen LogP contribution >= 0.6 is 0 Å². The topological polar surface area (TPSA) is 97.4 Å². The molecule has 3 rings (SSSR count).